The number of anilines is 1. The van der Waals surface area contributed by atoms with Gasteiger partial charge in [-0.1, -0.05) is 31.2 Å². The third-order valence-electron chi connectivity index (χ3n) is 5.06. The first-order valence-corrected chi connectivity index (χ1v) is 10.5. The molecule has 0 aliphatic heterocycles. The summed E-state index contributed by atoms with van der Waals surface area (Å²) in [6, 6.07) is 9.52. The van der Waals surface area contributed by atoms with Gasteiger partial charge in [-0.15, -0.1) is 0 Å². The number of carbonyl (C=O) groups is 1. The smallest absolute Gasteiger partial charge is 0.324 e. The van der Waals surface area contributed by atoms with Gasteiger partial charge >= 0.3 is 6.55 Å². The lowest BCUT2D eigenvalue weighted by atomic mass is 10.0. The van der Waals surface area contributed by atoms with Crippen LogP contribution in [0.5, 0.6) is 0 Å². The quantitative estimate of drug-likeness (QED) is 0.430. The van der Waals surface area contributed by atoms with Crippen molar-refractivity contribution in [1.29, 1.82) is 0 Å². The largest absolute Gasteiger partial charge is 0.333 e. The molecule has 0 bridgehead atoms. The molecule has 3 heterocycles. The van der Waals surface area contributed by atoms with Crippen LogP contribution in [0.1, 0.15) is 36.0 Å². The fourth-order valence-electron chi connectivity index (χ4n) is 3.31. The zero-order chi connectivity index (χ0) is 23.2. The number of aryl methyl sites for hydroxylation is 1. The van der Waals surface area contributed by atoms with Crippen molar-refractivity contribution in [3.63, 3.8) is 0 Å². The van der Waals surface area contributed by atoms with Crippen LogP contribution in [0.15, 0.2) is 67.5 Å². The molecule has 4 aromatic rings. The van der Waals surface area contributed by atoms with Gasteiger partial charge in [0, 0.05) is 36.8 Å². The zero-order valence-electron chi connectivity index (χ0n) is 17.9. The number of rotatable bonds is 8. The summed E-state index contributed by atoms with van der Waals surface area (Å²) in [5.41, 5.74) is 4.98. The molecule has 0 saturated carbocycles. The molecule has 0 fully saturated rings. The summed E-state index contributed by atoms with van der Waals surface area (Å²) in [4.78, 5) is 25.2. The van der Waals surface area contributed by atoms with Crippen LogP contribution < -0.4 is 5.32 Å². The van der Waals surface area contributed by atoms with Gasteiger partial charge in [-0.25, -0.2) is 14.6 Å². The lowest BCUT2D eigenvalue weighted by molar-refractivity contribution is -0.115. The van der Waals surface area contributed by atoms with Gasteiger partial charge < -0.3 is 5.32 Å². The summed E-state index contributed by atoms with van der Waals surface area (Å²) in [7, 11) is 0. The van der Waals surface area contributed by atoms with E-state index in [1.165, 1.54) is 12.4 Å². The van der Waals surface area contributed by atoms with E-state index in [0.29, 0.717) is 28.2 Å². The van der Waals surface area contributed by atoms with Gasteiger partial charge in [-0.3, -0.25) is 9.78 Å². The highest BCUT2D eigenvalue weighted by Gasteiger charge is 2.10. The van der Waals surface area contributed by atoms with E-state index in [9.17, 15) is 13.6 Å². The summed E-state index contributed by atoms with van der Waals surface area (Å²) < 4.78 is 25.9. The Morgan fingerprint density at radius 1 is 0.970 bits per heavy atom. The Balaban J connectivity index is 1.35. The Bertz CT molecular complexity index is 1220. The minimum absolute atomic E-state index is 0.111. The number of nitrogens with zero attached hydrogens (tertiary/aromatic N) is 5. The fourth-order valence-corrected chi connectivity index (χ4v) is 3.31. The Labute approximate surface area is 189 Å². The van der Waals surface area contributed by atoms with E-state index in [4.69, 9.17) is 0 Å². The summed E-state index contributed by atoms with van der Waals surface area (Å²) in [5.74, 6) is 0.406. The van der Waals surface area contributed by atoms with Crippen molar-refractivity contribution in [3.8, 4) is 11.1 Å². The maximum Gasteiger partial charge on any atom is 0.333 e. The molecule has 9 heteroatoms. The summed E-state index contributed by atoms with van der Waals surface area (Å²) in [6.45, 7) is -0.631. The fraction of sp³-hybridized carbons (Fsp3) is 0.208. The SMILES string of the molecule is CCc1cncc(NC(=O)Cc2ccc(-c3cnc(Cc4cnn(C(F)F)c4)nc3)cc2)c1. The molecule has 4 rings (SSSR count). The highest BCUT2D eigenvalue weighted by atomic mass is 19.3. The topological polar surface area (TPSA) is 85.6 Å². The lowest BCUT2D eigenvalue weighted by Crippen LogP contribution is -2.14. The third-order valence-corrected chi connectivity index (χ3v) is 5.06. The number of hydrogen-bond acceptors (Lipinski definition) is 5. The third kappa shape index (κ3) is 5.82. The molecule has 168 valence electrons. The van der Waals surface area contributed by atoms with Crippen LogP contribution >= 0.6 is 0 Å². The van der Waals surface area contributed by atoms with Crippen LogP contribution in [0.25, 0.3) is 11.1 Å². The molecule has 7 nitrogen and oxygen atoms in total. The zero-order valence-corrected chi connectivity index (χ0v) is 17.9. The second-order valence-corrected chi connectivity index (χ2v) is 7.53. The molecule has 0 aliphatic rings. The van der Waals surface area contributed by atoms with Crippen LogP contribution in [0.3, 0.4) is 0 Å². The minimum atomic E-state index is -2.67. The van der Waals surface area contributed by atoms with Gasteiger partial charge in [0.1, 0.15) is 5.82 Å². The van der Waals surface area contributed by atoms with Crippen LogP contribution in [0.4, 0.5) is 14.5 Å². The van der Waals surface area contributed by atoms with Crippen molar-refractivity contribution >= 4 is 11.6 Å². The standard InChI is InChI=1S/C24H22F2N6O/c1-2-16-7-21(14-27-10-16)31-23(33)9-17-3-5-19(6-4-17)20-12-28-22(29-13-20)8-18-11-30-32(15-18)24(25)26/h3-7,10-15,24H,2,8-9H2,1H3,(H,31,33). The van der Waals surface area contributed by atoms with Gasteiger partial charge in [0.25, 0.3) is 0 Å². The minimum Gasteiger partial charge on any atom is -0.324 e. The normalized spacial score (nSPS) is 11.0. The number of alkyl halides is 2. The molecule has 0 unspecified atom stereocenters. The second-order valence-electron chi connectivity index (χ2n) is 7.53. The van der Waals surface area contributed by atoms with Gasteiger partial charge in [-0.2, -0.15) is 13.9 Å². The predicted molar refractivity (Wildman–Crippen MR) is 120 cm³/mol. The molecular weight excluding hydrogens is 426 g/mol. The van der Waals surface area contributed by atoms with Gasteiger partial charge in [0.2, 0.25) is 5.91 Å². The first-order chi connectivity index (χ1) is 16.0. The number of aromatic nitrogens is 5. The summed E-state index contributed by atoms with van der Waals surface area (Å²) >= 11 is 0. The maximum absolute atomic E-state index is 12.6. The molecule has 33 heavy (non-hydrogen) atoms. The number of pyridine rings is 1. The van der Waals surface area contributed by atoms with Crippen molar-refractivity contribution in [1.82, 2.24) is 24.7 Å². The number of nitrogens with one attached hydrogen (secondary N) is 1. The highest BCUT2D eigenvalue weighted by molar-refractivity contribution is 5.92. The predicted octanol–water partition coefficient (Wildman–Crippen LogP) is 4.46. The molecule has 0 spiro atoms. The first kappa shape index (κ1) is 22.2. The van der Waals surface area contributed by atoms with Crippen molar-refractivity contribution in [2.24, 2.45) is 0 Å². The van der Waals surface area contributed by atoms with E-state index >= 15 is 0 Å². The Morgan fingerprint density at radius 2 is 1.73 bits per heavy atom. The number of hydrogen-bond donors (Lipinski definition) is 1. The van der Waals surface area contributed by atoms with Crippen LogP contribution in [0, 0.1) is 0 Å². The van der Waals surface area contributed by atoms with Crippen molar-refractivity contribution in [2.45, 2.75) is 32.7 Å². The monoisotopic (exact) mass is 448 g/mol. The molecule has 0 aliphatic carbocycles. The number of carbonyl (C=O) groups excluding carboxylic acids is 1. The Hall–Kier alpha value is -4.01. The molecule has 0 saturated heterocycles. The molecule has 1 N–H and O–H groups in total. The van der Waals surface area contributed by atoms with Gasteiger partial charge in [0.15, 0.2) is 0 Å². The molecule has 0 radical (unpaired) electrons. The van der Waals surface area contributed by atoms with Gasteiger partial charge in [0.05, 0.1) is 24.5 Å². The number of benzene rings is 1. The molecular formula is C24H22F2N6O. The Morgan fingerprint density at radius 3 is 2.39 bits per heavy atom. The van der Waals surface area contributed by atoms with E-state index in [-0.39, 0.29) is 12.3 Å². The van der Waals surface area contributed by atoms with E-state index < -0.39 is 6.55 Å². The molecule has 1 aromatic carbocycles. The molecule has 3 aromatic heterocycles. The van der Waals surface area contributed by atoms with E-state index in [0.717, 1.165) is 28.7 Å². The maximum atomic E-state index is 12.6. The average molecular weight is 448 g/mol. The van der Waals surface area contributed by atoms with Crippen molar-refractivity contribution in [3.05, 3.63) is 90.0 Å². The summed E-state index contributed by atoms with van der Waals surface area (Å²) in [6.07, 6.45) is 10.9. The summed E-state index contributed by atoms with van der Waals surface area (Å²) in [5, 5.41) is 6.49. The average Bonchev–Trinajstić information content (AvgIpc) is 3.29. The lowest BCUT2D eigenvalue weighted by Gasteiger charge is -2.07. The Kier molecular flexibility index (Phi) is 6.77. The van der Waals surface area contributed by atoms with E-state index in [2.05, 4.69) is 25.4 Å². The van der Waals surface area contributed by atoms with E-state index in [1.54, 1.807) is 24.8 Å². The van der Waals surface area contributed by atoms with Gasteiger partial charge in [-0.05, 0) is 34.7 Å². The van der Waals surface area contributed by atoms with E-state index in [1.807, 2.05) is 37.3 Å². The molecule has 1 amide bonds. The second kappa shape index (κ2) is 10.1. The first-order valence-electron chi connectivity index (χ1n) is 10.5. The van der Waals surface area contributed by atoms with Crippen molar-refractivity contribution < 1.29 is 13.6 Å². The van der Waals surface area contributed by atoms with Crippen LogP contribution in [0.2, 0.25) is 0 Å². The van der Waals surface area contributed by atoms with Crippen LogP contribution in [-0.2, 0) is 24.1 Å². The number of amides is 1. The molecule has 0 atom stereocenters. The van der Waals surface area contributed by atoms with Crippen molar-refractivity contribution in [2.75, 3.05) is 5.32 Å². The highest BCUT2D eigenvalue weighted by Crippen LogP contribution is 2.19. The van der Waals surface area contributed by atoms with Crippen LogP contribution in [-0.4, -0.2) is 30.6 Å². The number of halogens is 2.